The summed E-state index contributed by atoms with van der Waals surface area (Å²) >= 11 is 1.62. The molecule has 0 N–H and O–H groups in total. The molecule has 1 aliphatic rings. The normalized spacial score (nSPS) is 17.4. The first-order valence-corrected chi connectivity index (χ1v) is 13.0. The molecule has 0 spiro atoms. The summed E-state index contributed by atoms with van der Waals surface area (Å²) in [6, 6.07) is 16.3. The Morgan fingerprint density at radius 3 is 2.50 bits per heavy atom. The molecule has 0 unspecified atom stereocenters. The molecule has 168 valence electrons. The molecule has 3 aromatic rings. The lowest BCUT2D eigenvalue weighted by Gasteiger charge is -2.31. The fourth-order valence-electron chi connectivity index (χ4n) is 3.91. The van der Waals surface area contributed by atoms with Crippen LogP contribution in [0.25, 0.3) is 0 Å². The van der Waals surface area contributed by atoms with Crippen molar-refractivity contribution in [2.75, 3.05) is 13.1 Å². The number of hydrogen-bond donors (Lipinski definition) is 0. The number of rotatable bonds is 7. The zero-order chi connectivity index (χ0) is 22.7. The third kappa shape index (κ3) is 4.79. The Morgan fingerprint density at radius 1 is 1.09 bits per heavy atom. The molecule has 1 atom stereocenters. The summed E-state index contributed by atoms with van der Waals surface area (Å²) in [5, 5.41) is 9.58. The molecular weight excluding hydrogens is 444 g/mol. The highest BCUT2D eigenvalue weighted by atomic mass is 32.2. The third-order valence-electron chi connectivity index (χ3n) is 5.73. The minimum Gasteiger partial charge on any atom is -0.309 e. The van der Waals surface area contributed by atoms with Gasteiger partial charge in [0.25, 0.3) is 0 Å². The molecule has 1 fully saturated rings. The highest BCUT2D eigenvalue weighted by Crippen LogP contribution is 2.31. The molecule has 1 aliphatic heterocycles. The van der Waals surface area contributed by atoms with Gasteiger partial charge in [0.05, 0.1) is 4.90 Å². The van der Waals surface area contributed by atoms with E-state index in [1.807, 2.05) is 29.8 Å². The van der Waals surface area contributed by atoms with E-state index in [0.29, 0.717) is 18.7 Å². The van der Waals surface area contributed by atoms with E-state index in [1.165, 1.54) is 28.9 Å². The first-order chi connectivity index (χ1) is 15.4. The zero-order valence-electron chi connectivity index (χ0n) is 18.1. The number of thioether (sulfide) groups is 1. The monoisotopic (exact) mass is 470 g/mol. The van der Waals surface area contributed by atoms with Crippen molar-refractivity contribution in [3.63, 3.8) is 0 Å². The van der Waals surface area contributed by atoms with Crippen LogP contribution in [0.4, 0.5) is 0 Å². The van der Waals surface area contributed by atoms with Crippen LogP contribution in [0.5, 0.6) is 0 Å². The van der Waals surface area contributed by atoms with Gasteiger partial charge in [0.15, 0.2) is 10.9 Å². The summed E-state index contributed by atoms with van der Waals surface area (Å²) in [7, 11) is -1.70. The molecule has 0 bridgehead atoms. The van der Waals surface area contributed by atoms with E-state index >= 15 is 0 Å². The maximum absolute atomic E-state index is 13.2. The van der Waals surface area contributed by atoms with Gasteiger partial charge in [-0.2, -0.15) is 4.31 Å². The van der Waals surface area contributed by atoms with E-state index in [4.69, 9.17) is 0 Å². The van der Waals surface area contributed by atoms with Crippen molar-refractivity contribution in [2.24, 2.45) is 7.05 Å². The molecule has 0 saturated carbocycles. The molecule has 32 heavy (non-hydrogen) atoms. The Hall–Kier alpha value is -2.49. The lowest BCUT2D eigenvalue weighted by molar-refractivity contribution is 0.101. The van der Waals surface area contributed by atoms with Crippen LogP contribution in [-0.4, -0.2) is 46.4 Å². The summed E-state index contributed by atoms with van der Waals surface area (Å²) in [5.41, 5.74) is 1.72. The third-order valence-corrected chi connectivity index (χ3v) is 8.70. The van der Waals surface area contributed by atoms with Crippen molar-refractivity contribution in [1.82, 2.24) is 19.1 Å². The van der Waals surface area contributed by atoms with E-state index < -0.39 is 10.0 Å². The second kappa shape index (κ2) is 9.56. The lowest BCUT2D eigenvalue weighted by Crippen LogP contribution is -2.39. The molecule has 0 radical (unpaired) electrons. The summed E-state index contributed by atoms with van der Waals surface area (Å²) in [4.78, 5) is 11.7. The SMILES string of the molecule is CC(=O)c1ccc(S(=O)(=O)N2CCC[C@H](c3nnc(SCc4ccccc4)n3C)C2)cc1. The van der Waals surface area contributed by atoms with E-state index in [9.17, 15) is 13.2 Å². The minimum absolute atomic E-state index is 0.0152. The van der Waals surface area contributed by atoms with Crippen LogP contribution in [-0.2, 0) is 22.8 Å². The fourth-order valence-corrected chi connectivity index (χ4v) is 6.31. The van der Waals surface area contributed by atoms with Crippen LogP contribution in [0.3, 0.4) is 0 Å². The Morgan fingerprint density at radius 2 is 1.81 bits per heavy atom. The second-order valence-electron chi connectivity index (χ2n) is 7.96. The van der Waals surface area contributed by atoms with Crippen LogP contribution in [0.1, 0.15) is 47.4 Å². The van der Waals surface area contributed by atoms with Gasteiger partial charge in [-0.1, -0.05) is 54.2 Å². The molecule has 0 aliphatic carbocycles. The number of carbonyl (C=O) groups excluding carboxylic acids is 1. The Labute approximate surface area is 192 Å². The first-order valence-electron chi connectivity index (χ1n) is 10.5. The standard InChI is InChI=1S/C23H26N4O3S2/c1-17(28)19-10-12-21(13-11-19)32(29,30)27-14-6-9-20(15-27)22-24-25-23(26(22)2)31-16-18-7-4-3-5-8-18/h3-5,7-8,10-13,20H,6,9,14-16H2,1-2H3/t20-/m0/s1. The van der Waals surface area contributed by atoms with Crippen LogP contribution in [0, 0.1) is 0 Å². The zero-order valence-corrected chi connectivity index (χ0v) is 19.8. The predicted octanol–water partition coefficient (Wildman–Crippen LogP) is 3.88. The van der Waals surface area contributed by atoms with E-state index in [-0.39, 0.29) is 16.6 Å². The quantitative estimate of drug-likeness (QED) is 0.385. The molecule has 2 aromatic carbocycles. The van der Waals surface area contributed by atoms with E-state index in [1.54, 1.807) is 23.9 Å². The lowest BCUT2D eigenvalue weighted by atomic mass is 9.99. The summed E-state index contributed by atoms with van der Waals surface area (Å²) in [6.45, 7) is 2.30. The molecular formula is C23H26N4O3S2. The largest absolute Gasteiger partial charge is 0.309 e. The molecule has 2 heterocycles. The van der Waals surface area contributed by atoms with Gasteiger partial charge in [-0.05, 0) is 37.5 Å². The molecule has 4 rings (SSSR count). The maximum atomic E-state index is 13.2. The smallest absolute Gasteiger partial charge is 0.243 e. The number of ketones is 1. The highest BCUT2D eigenvalue weighted by molar-refractivity contribution is 7.98. The van der Waals surface area contributed by atoms with Gasteiger partial charge < -0.3 is 4.57 Å². The second-order valence-corrected chi connectivity index (χ2v) is 10.8. The minimum atomic E-state index is -3.64. The first kappa shape index (κ1) is 22.7. The van der Waals surface area contributed by atoms with Gasteiger partial charge in [-0.15, -0.1) is 10.2 Å². The van der Waals surface area contributed by atoms with Crippen LogP contribution < -0.4 is 0 Å². The molecule has 0 amide bonds. The number of Topliss-reactive ketones (excluding diaryl/α,β-unsaturated/α-hetero) is 1. The molecule has 9 heteroatoms. The van der Waals surface area contributed by atoms with Crippen molar-refractivity contribution in [3.05, 3.63) is 71.5 Å². The predicted molar refractivity (Wildman–Crippen MR) is 124 cm³/mol. The van der Waals surface area contributed by atoms with Gasteiger partial charge in [0.1, 0.15) is 5.82 Å². The van der Waals surface area contributed by atoms with Gasteiger partial charge in [0, 0.05) is 37.4 Å². The van der Waals surface area contributed by atoms with E-state index in [0.717, 1.165) is 29.6 Å². The van der Waals surface area contributed by atoms with Crippen LogP contribution in [0.15, 0.2) is 64.6 Å². The number of benzene rings is 2. The number of piperidine rings is 1. The van der Waals surface area contributed by atoms with Crippen molar-refractivity contribution in [1.29, 1.82) is 0 Å². The van der Waals surface area contributed by atoms with Crippen LogP contribution in [0.2, 0.25) is 0 Å². The Kier molecular flexibility index (Phi) is 6.78. The molecule has 1 saturated heterocycles. The van der Waals surface area contributed by atoms with Crippen molar-refractivity contribution < 1.29 is 13.2 Å². The van der Waals surface area contributed by atoms with Crippen molar-refractivity contribution in [2.45, 2.75) is 41.5 Å². The van der Waals surface area contributed by atoms with Gasteiger partial charge >= 0.3 is 0 Å². The van der Waals surface area contributed by atoms with Gasteiger partial charge in [-0.3, -0.25) is 4.79 Å². The Bertz CT molecular complexity index is 1190. The summed E-state index contributed by atoms with van der Waals surface area (Å²) in [5.74, 6) is 1.51. The maximum Gasteiger partial charge on any atom is 0.243 e. The summed E-state index contributed by atoms with van der Waals surface area (Å²) < 4.78 is 29.9. The number of aromatic nitrogens is 3. The number of carbonyl (C=O) groups is 1. The van der Waals surface area contributed by atoms with Gasteiger partial charge in [0.2, 0.25) is 10.0 Å². The average molecular weight is 471 g/mol. The molecule has 1 aromatic heterocycles. The fraction of sp³-hybridized carbons (Fsp3) is 0.348. The van der Waals surface area contributed by atoms with Gasteiger partial charge in [-0.25, -0.2) is 8.42 Å². The summed E-state index contributed by atoms with van der Waals surface area (Å²) in [6.07, 6.45) is 1.62. The topological polar surface area (TPSA) is 85.2 Å². The number of hydrogen-bond acceptors (Lipinski definition) is 6. The van der Waals surface area contributed by atoms with E-state index in [2.05, 4.69) is 22.3 Å². The van der Waals surface area contributed by atoms with Crippen molar-refractivity contribution >= 4 is 27.6 Å². The molecule has 7 nitrogen and oxygen atoms in total. The number of sulfonamides is 1. The van der Waals surface area contributed by atoms with Crippen LogP contribution >= 0.6 is 11.8 Å². The van der Waals surface area contributed by atoms with Crippen molar-refractivity contribution in [3.8, 4) is 0 Å². The highest BCUT2D eigenvalue weighted by Gasteiger charge is 2.33. The Balaban J connectivity index is 1.48. The average Bonchev–Trinajstić information content (AvgIpc) is 3.18. The number of nitrogens with zero attached hydrogens (tertiary/aromatic N) is 4.